The highest BCUT2D eigenvalue weighted by molar-refractivity contribution is 7.89. The van der Waals surface area contributed by atoms with Gasteiger partial charge in [0.25, 0.3) is 0 Å². The van der Waals surface area contributed by atoms with Gasteiger partial charge in [-0.25, -0.2) is 13.2 Å². The summed E-state index contributed by atoms with van der Waals surface area (Å²) in [6.45, 7) is 5.92. The Labute approximate surface area is 221 Å². The van der Waals surface area contributed by atoms with Crippen LogP contribution in [-0.4, -0.2) is 99.6 Å². The molecule has 38 heavy (non-hydrogen) atoms. The van der Waals surface area contributed by atoms with Gasteiger partial charge >= 0.3 is 12.1 Å². The number of hydrogen-bond donors (Lipinski definition) is 1. The number of carboxylic acids is 1. The summed E-state index contributed by atoms with van der Waals surface area (Å²) in [6.07, 6.45) is -1.50. The van der Waals surface area contributed by atoms with Gasteiger partial charge in [-0.1, -0.05) is 6.92 Å². The van der Waals surface area contributed by atoms with Crippen LogP contribution < -0.4 is 4.74 Å². The molecule has 0 radical (unpaired) electrons. The zero-order valence-electron chi connectivity index (χ0n) is 22.1. The maximum absolute atomic E-state index is 13.3. The molecule has 1 aliphatic carbocycles. The van der Waals surface area contributed by atoms with Gasteiger partial charge in [0.2, 0.25) is 15.9 Å². The van der Waals surface area contributed by atoms with Crippen molar-refractivity contribution in [3.63, 3.8) is 0 Å². The summed E-state index contributed by atoms with van der Waals surface area (Å²) in [5.41, 5.74) is -0.252. The van der Waals surface area contributed by atoms with Gasteiger partial charge in [-0.15, -0.1) is 0 Å². The van der Waals surface area contributed by atoms with E-state index in [2.05, 4.69) is 11.8 Å². The molecule has 4 rings (SSSR count). The summed E-state index contributed by atoms with van der Waals surface area (Å²) in [7, 11) is 1.76. The number of fused-ring (bicyclic) bond motifs is 2. The summed E-state index contributed by atoms with van der Waals surface area (Å²) in [4.78, 5) is 26.7. The van der Waals surface area contributed by atoms with Crippen molar-refractivity contribution >= 4 is 21.9 Å². The first-order chi connectivity index (χ1) is 17.6. The number of rotatable bonds is 5. The molecule has 2 saturated heterocycles. The van der Waals surface area contributed by atoms with Gasteiger partial charge in [-0.05, 0) is 67.8 Å². The van der Waals surface area contributed by atoms with Gasteiger partial charge in [-0.3, -0.25) is 4.79 Å². The fourth-order valence-corrected chi connectivity index (χ4v) is 7.80. The van der Waals surface area contributed by atoms with Crippen LogP contribution in [0.25, 0.3) is 0 Å². The van der Waals surface area contributed by atoms with Crippen molar-refractivity contribution in [3.8, 4) is 5.75 Å². The summed E-state index contributed by atoms with van der Waals surface area (Å²) in [6, 6.07) is 6.61. The summed E-state index contributed by atoms with van der Waals surface area (Å²) < 4.78 is 64.9. The number of halogens is 3. The number of alkyl halides is 3. The monoisotopic (exact) mass is 563 g/mol. The van der Waals surface area contributed by atoms with Crippen LogP contribution in [0.2, 0.25) is 0 Å². The maximum atomic E-state index is 13.3. The zero-order valence-corrected chi connectivity index (χ0v) is 22.9. The minimum Gasteiger partial charge on any atom is -0.497 e. The van der Waals surface area contributed by atoms with Crippen molar-refractivity contribution < 1.29 is 41.0 Å². The molecule has 1 spiro atoms. The Kier molecular flexibility index (Phi) is 8.74. The molecule has 1 saturated carbocycles. The summed E-state index contributed by atoms with van der Waals surface area (Å²) in [5, 5.41) is 7.12. The van der Waals surface area contributed by atoms with Crippen molar-refractivity contribution in [1.29, 1.82) is 0 Å². The van der Waals surface area contributed by atoms with Crippen molar-refractivity contribution in [3.05, 3.63) is 24.3 Å². The number of carbonyl (C=O) groups excluding carboxylic acids is 1. The highest BCUT2D eigenvalue weighted by Gasteiger charge is 2.64. The van der Waals surface area contributed by atoms with E-state index in [9.17, 15) is 26.4 Å². The van der Waals surface area contributed by atoms with Gasteiger partial charge in [-0.2, -0.15) is 17.5 Å². The Morgan fingerprint density at radius 1 is 1.11 bits per heavy atom. The molecule has 214 valence electrons. The molecule has 13 heteroatoms. The second kappa shape index (κ2) is 11.0. The van der Waals surface area contributed by atoms with Crippen LogP contribution in [-0.2, 0) is 19.6 Å². The average molecular weight is 564 g/mol. The fourth-order valence-electron chi connectivity index (χ4n) is 6.36. The molecule has 2 atom stereocenters. The fraction of sp³-hybridized carbons (Fsp3) is 0.680. The molecule has 1 aromatic carbocycles. The van der Waals surface area contributed by atoms with Gasteiger partial charge in [0.1, 0.15) is 5.75 Å². The van der Waals surface area contributed by atoms with Crippen LogP contribution in [0.3, 0.4) is 0 Å². The van der Waals surface area contributed by atoms with Crippen molar-refractivity contribution in [1.82, 2.24) is 14.1 Å². The molecule has 1 N–H and O–H groups in total. The standard InChI is InChI=1S/C23H35N3O4S.C2HF3O2/c1-5-25-16-20-22(10-11-23(20,17-25)21(27)24(2)3)12-14-26(15-13-22)31(28,29)19-8-6-18(30-4)7-9-19;3-2(4,5)1(6)7/h6-9,20H,5,10-17H2,1-4H3;(H,6,7)/t20-,23+;/m0./s1. The Hall–Kier alpha value is -2.38. The molecular weight excluding hydrogens is 527 g/mol. The van der Waals surface area contributed by atoms with Crippen molar-refractivity contribution in [2.75, 3.05) is 53.9 Å². The van der Waals surface area contributed by atoms with E-state index in [0.29, 0.717) is 29.7 Å². The number of aliphatic carboxylic acids is 1. The number of ether oxygens (including phenoxy) is 1. The quantitative estimate of drug-likeness (QED) is 0.587. The van der Waals surface area contributed by atoms with Crippen LogP contribution in [0, 0.1) is 16.7 Å². The predicted octanol–water partition coefficient (Wildman–Crippen LogP) is 2.92. The van der Waals surface area contributed by atoms with Crippen LogP contribution in [0.5, 0.6) is 5.75 Å². The molecule has 9 nitrogen and oxygen atoms in total. The van der Waals surface area contributed by atoms with Crippen LogP contribution in [0.4, 0.5) is 13.2 Å². The highest BCUT2D eigenvalue weighted by Crippen LogP contribution is 2.62. The lowest BCUT2D eigenvalue weighted by Gasteiger charge is -2.44. The minimum absolute atomic E-state index is 0.0571. The highest BCUT2D eigenvalue weighted by atomic mass is 32.2. The number of hydrogen-bond acceptors (Lipinski definition) is 6. The maximum Gasteiger partial charge on any atom is 0.490 e. The van der Waals surface area contributed by atoms with E-state index in [-0.39, 0.29) is 16.7 Å². The lowest BCUT2D eigenvalue weighted by atomic mass is 9.66. The van der Waals surface area contributed by atoms with Crippen LogP contribution in [0.15, 0.2) is 29.2 Å². The largest absolute Gasteiger partial charge is 0.497 e. The first-order valence-electron chi connectivity index (χ1n) is 12.5. The molecule has 0 bridgehead atoms. The third-order valence-electron chi connectivity index (χ3n) is 8.36. The third-order valence-corrected chi connectivity index (χ3v) is 10.3. The number of piperidine rings is 1. The van der Waals surface area contributed by atoms with Gasteiger partial charge in [0.15, 0.2) is 0 Å². The van der Waals surface area contributed by atoms with Gasteiger partial charge in [0, 0.05) is 40.3 Å². The van der Waals surface area contributed by atoms with E-state index >= 15 is 0 Å². The molecule has 1 amide bonds. The Balaban J connectivity index is 0.000000505. The number of likely N-dealkylation sites (tertiary alicyclic amines) is 1. The van der Waals surface area contributed by atoms with Crippen molar-refractivity contribution in [2.45, 2.75) is 43.7 Å². The number of benzene rings is 1. The molecular formula is C25H36F3N3O6S. The van der Waals surface area contributed by atoms with Gasteiger partial charge < -0.3 is 19.6 Å². The van der Waals surface area contributed by atoms with E-state index < -0.39 is 22.2 Å². The lowest BCUT2D eigenvalue weighted by Crippen LogP contribution is -2.49. The second-order valence-corrected chi connectivity index (χ2v) is 12.4. The zero-order chi connectivity index (χ0) is 28.5. The number of nitrogens with zero attached hydrogens (tertiary/aromatic N) is 3. The van der Waals surface area contributed by atoms with E-state index in [4.69, 9.17) is 14.6 Å². The molecule has 0 aromatic heterocycles. The minimum atomic E-state index is -5.08. The first kappa shape index (κ1) is 30.2. The van der Waals surface area contributed by atoms with Crippen molar-refractivity contribution in [2.24, 2.45) is 16.7 Å². The SMILES string of the molecule is CCN1C[C@H]2C3(CCN(S(=O)(=O)c4ccc(OC)cc4)CC3)CC[C@@]2(C(=O)N(C)C)C1.O=C(O)C(F)(F)F. The van der Waals surface area contributed by atoms with E-state index in [1.807, 2.05) is 14.1 Å². The van der Waals surface area contributed by atoms with Crippen LogP contribution in [0.1, 0.15) is 32.6 Å². The first-order valence-corrected chi connectivity index (χ1v) is 14.0. The Bertz CT molecular complexity index is 1120. The average Bonchev–Trinajstić information content (AvgIpc) is 3.40. The van der Waals surface area contributed by atoms with E-state index in [1.54, 1.807) is 40.6 Å². The topological polar surface area (TPSA) is 107 Å². The second-order valence-electron chi connectivity index (χ2n) is 10.5. The number of sulfonamides is 1. The van der Waals surface area contributed by atoms with E-state index in [1.165, 1.54) is 0 Å². The molecule has 3 fully saturated rings. The lowest BCUT2D eigenvalue weighted by molar-refractivity contribution is -0.192. The Morgan fingerprint density at radius 3 is 2.11 bits per heavy atom. The summed E-state index contributed by atoms with van der Waals surface area (Å²) >= 11 is 0. The molecule has 2 aliphatic heterocycles. The normalized spacial score (nSPS) is 25.4. The third kappa shape index (κ3) is 5.64. The molecule has 2 heterocycles. The van der Waals surface area contributed by atoms with Crippen LogP contribution >= 0.6 is 0 Å². The molecule has 0 unspecified atom stereocenters. The number of carbonyl (C=O) groups is 2. The summed E-state index contributed by atoms with van der Waals surface area (Å²) in [5.74, 6) is -1.56. The molecule has 3 aliphatic rings. The number of methoxy groups -OCH3 is 1. The molecule has 1 aromatic rings. The Morgan fingerprint density at radius 2 is 1.66 bits per heavy atom. The van der Waals surface area contributed by atoms with E-state index in [0.717, 1.165) is 45.3 Å². The number of amides is 1. The number of carboxylic acid groups (broad SMARTS) is 1. The van der Waals surface area contributed by atoms with Gasteiger partial charge in [0.05, 0.1) is 17.4 Å². The smallest absolute Gasteiger partial charge is 0.490 e. The predicted molar refractivity (Wildman–Crippen MR) is 133 cm³/mol.